The van der Waals surface area contributed by atoms with Gasteiger partial charge in [-0.05, 0) is 44.5 Å². The highest BCUT2D eigenvalue weighted by Gasteiger charge is 2.16. The molecule has 0 saturated carbocycles. The van der Waals surface area contributed by atoms with Crippen LogP contribution in [0.2, 0.25) is 0 Å². The Kier molecular flexibility index (Phi) is 8.46. The number of nitrogens with one attached hydrogen (secondary N) is 3. The van der Waals surface area contributed by atoms with E-state index >= 15 is 0 Å². The molecule has 0 spiro atoms. The van der Waals surface area contributed by atoms with Gasteiger partial charge in [0.25, 0.3) is 5.91 Å². The van der Waals surface area contributed by atoms with Crippen LogP contribution in [0.15, 0.2) is 28.7 Å². The molecule has 0 aliphatic rings. The fourth-order valence-electron chi connectivity index (χ4n) is 1.84. The number of benzene rings is 1. The molecular weight excluding hydrogens is 374 g/mol. The van der Waals surface area contributed by atoms with Crippen molar-refractivity contribution in [1.82, 2.24) is 16.0 Å². The van der Waals surface area contributed by atoms with E-state index in [-0.39, 0.29) is 36.7 Å². The lowest BCUT2D eigenvalue weighted by Crippen LogP contribution is -2.47. The highest BCUT2D eigenvalue weighted by atomic mass is 79.9. The molecule has 0 fully saturated rings. The number of hydrogen-bond donors (Lipinski definition) is 3. The largest absolute Gasteiger partial charge is 0.352 e. The fraction of sp³-hybridized carbons (Fsp3) is 0.471. The minimum absolute atomic E-state index is 0.0713. The van der Waals surface area contributed by atoms with Crippen molar-refractivity contribution in [2.75, 3.05) is 6.54 Å². The van der Waals surface area contributed by atoms with E-state index in [4.69, 9.17) is 0 Å². The van der Waals surface area contributed by atoms with Crippen molar-refractivity contribution in [3.05, 3.63) is 34.3 Å². The monoisotopic (exact) mass is 397 g/mol. The summed E-state index contributed by atoms with van der Waals surface area (Å²) in [5.74, 6) is -0.729. The maximum absolute atomic E-state index is 11.9. The predicted molar refractivity (Wildman–Crippen MR) is 96.6 cm³/mol. The van der Waals surface area contributed by atoms with Crippen molar-refractivity contribution in [3.63, 3.8) is 0 Å². The summed E-state index contributed by atoms with van der Waals surface area (Å²) in [6, 6.07) is 6.41. The fourth-order valence-corrected chi connectivity index (χ4v) is 2.11. The van der Waals surface area contributed by atoms with Crippen LogP contribution < -0.4 is 16.0 Å². The summed E-state index contributed by atoms with van der Waals surface area (Å²) < 4.78 is 0.892. The zero-order valence-corrected chi connectivity index (χ0v) is 15.8. The smallest absolute Gasteiger partial charge is 0.251 e. The first-order valence-corrected chi connectivity index (χ1v) is 8.76. The molecule has 0 radical (unpaired) electrons. The van der Waals surface area contributed by atoms with Crippen LogP contribution in [0.5, 0.6) is 0 Å². The van der Waals surface area contributed by atoms with Crippen molar-refractivity contribution < 1.29 is 14.4 Å². The van der Waals surface area contributed by atoms with Crippen LogP contribution in [0, 0.1) is 0 Å². The van der Waals surface area contributed by atoms with Crippen molar-refractivity contribution in [1.29, 1.82) is 0 Å². The first kappa shape index (κ1) is 20.2. The number of halogens is 1. The van der Waals surface area contributed by atoms with Crippen LogP contribution in [0.1, 0.15) is 44.0 Å². The summed E-state index contributed by atoms with van der Waals surface area (Å²) in [5, 5.41) is 8.11. The lowest BCUT2D eigenvalue weighted by Gasteiger charge is -2.17. The Labute approximate surface area is 150 Å². The molecule has 132 valence electrons. The third-order valence-electron chi connectivity index (χ3n) is 3.52. The van der Waals surface area contributed by atoms with E-state index in [2.05, 4.69) is 31.9 Å². The average molecular weight is 398 g/mol. The van der Waals surface area contributed by atoms with Crippen molar-refractivity contribution >= 4 is 33.7 Å². The molecule has 2 atom stereocenters. The number of carbonyl (C=O) groups is 3. The number of hydrogen-bond acceptors (Lipinski definition) is 3. The molecule has 1 aromatic rings. The van der Waals surface area contributed by atoms with Gasteiger partial charge in [0, 0.05) is 29.0 Å². The second-order valence-corrected chi connectivity index (χ2v) is 6.54. The average Bonchev–Trinajstić information content (AvgIpc) is 2.54. The van der Waals surface area contributed by atoms with E-state index in [0.717, 1.165) is 10.9 Å². The second-order valence-electron chi connectivity index (χ2n) is 5.62. The van der Waals surface area contributed by atoms with Crippen LogP contribution in [0.4, 0.5) is 0 Å². The molecule has 0 aliphatic carbocycles. The van der Waals surface area contributed by atoms with Crippen molar-refractivity contribution in [2.45, 2.75) is 45.7 Å². The topological polar surface area (TPSA) is 87.3 Å². The standard InChI is InChI=1S/C17H24BrN3O3/c1-4-11(2)20-16(23)12(3)21-15(22)9-10-19-17(24)13-5-7-14(18)8-6-13/h5-8,11-12H,4,9-10H2,1-3H3,(H,19,24)(H,20,23)(H,21,22). The lowest BCUT2D eigenvalue weighted by molar-refractivity contribution is -0.128. The van der Waals surface area contributed by atoms with Crippen LogP contribution in [0.25, 0.3) is 0 Å². The van der Waals surface area contributed by atoms with Gasteiger partial charge < -0.3 is 16.0 Å². The van der Waals surface area contributed by atoms with Gasteiger partial charge in [-0.2, -0.15) is 0 Å². The summed E-state index contributed by atoms with van der Waals surface area (Å²) in [6.45, 7) is 5.73. The zero-order chi connectivity index (χ0) is 18.1. The van der Waals surface area contributed by atoms with E-state index in [9.17, 15) is 14.4 Å². The van der Waals surface area contributed by atoms with Gasteiger partial charge >= 0.3 is 0 Å². The van der Waals surface area contributed by atoms with Crippen LogP contribution in [-0.4, -0.2) is 36.3 Å². The molecule has 0 aliphatic heterocycles. The number of rotatable bonds is 8. The Morgan fingerprint density at radius 3 is 2.29 bits per heavy atom. The van der Waals surface area contributed by atoms with Gasteiger partial charge in [-0.3, -0.25) is 14.4 Å². The highest BCUT2D eigenvalue weighted by molar-refractivity contribution is 9.10. The van der Waals surface area contributed by atoms with E-state index in [1.807, 2.05) is 13.8 Å². The van der Waals surface area contributed by atoms with Crippen molar-refractivity contribution in [2.24, 2.45) is 0 Å². The molecule has 7 heteroatoms. The third kappa shape index (κ3) is 7.12. The molecule has 24 heavy (non-hydrogen) atoms. The van der Waals surface area contributed by atoms with Gasteiger partial charge in [0.05, 0.1) is 0 Å². The summed E-state index contributed by atoms with van der Waals surface area (Å²) in [5.41, 5.74) is 0.528. The molecule has 2 unspecified atom stereocenters. The van der Waals surface area contributed by atoms with Gasteiger partial charge in [0.15, 0.2) is 0 Å². The number of carbonyl (C=O) groups excluding carboxylic acids is 3. The number of amides is 3. The van der Waals surface area contributed by atoms with Crippen molar-refractivity contribution in [3.8, 4) is 0 Å². The quantitative estimate of drug-likeness (QED) is 0.626. The first-order chi connectivity index (χ1) is 11.3. The molecule has 1 aromatic carbocycles. The van der Waals surface area contributed by atoms with Crippen LogP contribution in [0.3, 0.4) is 0 Å². The molecule has 0 aromatic heterocycles. The zero-order valence-electron chi connectivity index (χ0n) is 14.2. The van der Waals surface area contributed by atoms with Gasteiger partial charge in [0.1, 0.15) is 6.04 Å². The van der Waals surface area contributed by atoms with Gasteiger partial charge in [-0.15, -0.1) is 0 Å². The van der Waals surface area contributed by atoms with Crippen LogP contribution >= 0.6 is 15.9 Å². The Hall–Kier alpha value is -1.89. The van der Waals surface area contributed by atoms with E-state index in [1.165, 1.54) is 0 Å². The Bertz CT molecular complexity index is 575. The van der Waals surface area contributed by atoms with Gasteiger partial charge in [0.2, 0.25) is 11.8 Å². The molecule has 0 bridgehead atoms. The Morgan fingerprint density at radius 2 is 1.71 bits per heavy atom. The summed E-state index contributed by atoms with van der Waals surface area (Å²) in [6.07, 6.45) is 0.942. The summed E-state index contributed by atoms with van der Waals surface area (Å²) in [4.78, 5) is 35.6. The second kappa shape index (κ2) is 10.1. The minimum Gasteiger partial charge on any atom is -0.352 e. The lowest BCUT2D eigenvalue weighted by atomic mass is 10.2. The minimum atomic E-state index is -0.603. The molecule has 0 saturated heterocycles. The molecule has 3 amide bonds. The SMILES string of the molecule is CCC(C)NC(=O)C(C)NC(=O)CCNC(=O)c1ccc(Br)cc1. The van der Waals surface area contributed by atoms with Gasteiger partial charge in [-0.25, -0.2) is 0 Å². The molecule has 0 heterocycles. The maximum Gasteiger partial charge on any atom is 0.251 e. The Morgan fingerprint density at radius 1 is 1.08 bits per heavy atom. The van der Waals surface area contributed by atoms with Gasteiger partial charge in [-0.1, -0.05) is 22.9 Å². The maximum atomic E-state index is 11.9. The molecular formula is C17H24BrN3O3. The molecule has 6 nitrogen and oxygen atoms in total. The first-order valence-electron chi connectivity index (χ1n) is 7.97. The van der Waals surface area contributed by atoms with E-state index < -0.39 is 6.04 Å². The molecule has 1 rings (SSSR count). The molecule has 3 N–H and O–H groups in total. The van der Waals surface area contributed by atoms with Crippen LogP contribution in [-0.2, 0) is 9.59 Å². The predicted octanol–water partition coefficient (Wildman–Crippen LogP) is 1.99. The highest BCUT2D eigenvalue weighted by Crippen LogP contribution is 2.10. The third-order valence-corrected chi connectivity index (χ3v) is 4.04. The van der Waals surface area contributed by atoms with E-state index in [0.29, 0.717) is 5.56 Å². The van der Waals surface area contributed by atoms with E-state index in [1.54, 1.807) is 31.2 Å². The normalized spacial score (nSPS) is 12.8. The Balaban J connectivity index is 2.31. The summed E-state index contributed by atoms with van der Waals surface area (Å²) >= 11 is 3.30. The summed E-state index contributed by atoms with van der Waals surface area (Å²) in [7, 11) is 0.